The molecule has 0 saturated carbocycles. The molecular formula is C18H24N2O. The Kier molecular flexibility index (Phi) is 5.50. The fourth-order valence-corrected chi connectivity index (χ4v) is 2.33. The van der Waals surface area contributed by atoms with Gasteiger partial charge in [-0.2, -0.15) is 0 Å². The van der Waals surface area contributed by atoms with Gasteiger partial charge in [0.15, 0.2) is 0 Å². The Morgan fingerprint density at radius 2 is 1.52 bits per heavy atom. The highest BCUT2D eigenvalue weighted by Crippen LogP contribution is 2.18. The van der Waals surface area contributed by atoms with Gasteiger partial charge in [0.05, 0.1) is 7.11 Å². The lowest BCUT2D eigenvalue weighted by molar-refractivity contribution is 0.415. The van der Waals surface area contributed by atoms with Crippen LogP contribution < -0.4 is 15.0 Å². The number of nitrogens with zero attached hydrogens (tertiary/aromatic N) is 1. The van der Waals surface area contributed by atoms with Crippen LogP contribution in [0, 0.1) is 0 Å². The predicted octanol–water partition coefficient (Wildman–Crippen LogP) is 4.15. The van der Waals surface area contributed by atoms with Crippen LogP contribution in [0.25, 0.3) is 0 Å². The van der Waals surface area contributed by atoms with Crippen molar-refractivity contribution >= 4 is 11.4 Å². The molecule has 0 fully saturated rings. The standard InChI is InChI=1S/C18H24N2O/c1-4-20(5-2)17-10-6-15(7-11-17)14-19-16-8-12-18(21-3)13-9-16/h6-13,19H,4-5,14H2,1-3H3. The molecule has 21 heavy (non-hydrogen) atoms. The van der Waals surface area contributed by atoms with E-state index in [2.05, 4.69) is 48.3 Å². The van der Waals surface area contributed by atoms with E-state index in [9.17, 15) is 0 Å². The molecule has 0 aromatic heterocycles. The van der Waals surface area contributed by atoms with Gasteiger partial charge in [-0.25, -0.2) is 0 Å². The normalized spacial score (nSPS) is 10.2. The lowest BCUT2D eigenvalue weighted by atomic mass is 10.2. The van der Waals surface area contributed by atoms with Crippen LogP contribution >= 0.6 is 0 Å². The van der Waals surface area contributed by atoms with Crippen molar-refractivity contribution in [3.8, 4) is 5.75 Å². The van der Waals surface area contributed by atoms with Crippen molar-refractivity contribution in [1.82, 2.24) is 0 Å². The molecule has 112 valence electrons. The highest BCUT2D eigenvalue weighted by Gasteiger charge is 2.01. The average Bonchev–Trinajstić information content (AvgIpc) is 2.55. The summed E-state index contributed by atoms with van der Waals surface area (Å²) in [5, 5.41) is 3.42. The lowest BCUT2D eigenvalue weighted by Crippen LogP contribution is -2.21. The molecule has 0 radical (unpaired) electrons. The number of hydrogen-bond donors (Lipinski definition) is 1. The molecule has 0 aliphatic carbocycles. The first-order valence-electron chi connectivity index (χ1n) is 7.48. The highest BCUT2D eigenvalue weighted by atomic mass is 16.5. The minimum Gasteiger partial charge on any atom is -0.497 e. The first-order chi connectivity index (χ1) is 10.3. The quantitative estimate of drug-likeness (QED) is 0.826. The third-order valence-electron chi connectivity index (χ3n) is 3.65. The van der Waals surface area contributed by atoms with Gasteiger partial charge in [-0.1, -0.05) is 12.1 Å². The summed E-state index contributed by atoms with van der Waals surface area (Å²) in [5.74, 6) is 0.879. The van der Waals surface area contributed by atoms with Gasteiger partial charge in [-0.3, -0.25) is 0 Å². The van der Waals surface area contributed by atoms with Crippen molar-refractivity contribution in [2.75, 3.05) is 30.4 Å². The van der Waals surface area contributed by atoms with Crippen LogP contribution in [0.2, 0.25) is 0 Å². The van der Waals surface area contributed by atoms with Gasteiger partial charge in [-0.15, -0.1) is 0 Å². The van der Waals surface area contributed by atoms with Gasteiger partial charge in [0.25, 0.3) is 0 Å². The lowest BCUT2D eigenvalue weighted by Gasteiger charge is -2.21. The average molecular weight is 284 g/mol. The molecule has 0 aliphatic rings. The van der Waals surface area contributed by atoms with Gasteiger partial charge < -0.3 is 15.0 Å². The Morgan fingerprint density at radius 3 is 2.05 bits per heavy atom. The molecule has 2 aromatic rings. The maximum Gasteiger partial charge on any atom is 0.119 e. The largest absolute Gasteiger partial charge is 0.497 e. The molecule has 0 aliphatic heterocycles. The van der Waals surface area contributed by atoms with E-state index < -0.39 is 0 Å². The van der Waals surface area contributed by atoms with Crippen LogP contribution in [0.4, 0.5) is 11.4 Å². The molecule has 0 saturated heterocycles. The molecule has 0 unspecified atom stereocenters. The summed E-state index contributed by atoms with van der Waals surface area (Å²) in [4.78, 5) is 2.35. The molecule has 2 rings (SSSR count). The van der Waals surface area contributed by atoms with Crippen LogP contribution in [-0.4, -0.2) is 20.2 Å². The topological polar surface area (TPSA) is 24.5 Å². The van der Waals surface area contributed by atoms with E-state index >= 15 is 0 Å². The predicted molar refractivity (Wildman–Crippen MR) is 90.3 cm³/mol. The Balaban J connectivity index is 1.93. The Labute approximate surface area is 127 Å². The summed E-state index contributed by atoms with van der Waals surface area (Å²) in [6.45, 7) is 7.27. The Bertz CT molecular complexity index is 530. The number of anilines is 2. The first kappa shape index (κ1) is 15.2. The van der Waals surface area contributed by atoms with Crippen molar-refractivity contribution in [1.29, 1.82) is 0 Å². The Morgan fingerprint density at radius 1 is 0.905 bits per heavy atom. The molecule has 3 heteroatoms. The van der Waals surface area contributed by atoms with Crippen molar-refractivity contribution in [3.63, 3.8) is 0 Å². The second-order valence-electron chi connectivity index (χ2n) is 4.92. The summed E-state index contributed by atoms with van der Waals surface area (Å²) in [6, 6.07) is 16.7. The highest BCUT2D eigenvalue weighted by molar-refractivity contribution is 5.49. The number of nitrogens with one attached hydrogen (secondary N) is 1. The molecule has 2 aromatic carbocycles. The molecule has 3 nitrogen and oxygen atoms in total. The second kappa shape index (κ2) is 7.58. The summed E-state index contributed by atoms with van der Waals surface area (Å²) in [5.41, 5.74) is 3.67. The molecule has 0 bridgehead atoms. The SMILES string of the molecule is CCN(CC)c1ccc(CNc2ccc(OC)cc2)cc1. The van der Waals surface area contributed by atoms with Crippen LogP contribution in [0.15, 0.2) is 48.5 Å². The fourth-order valence-electron chi connectivity index (χ4n) is 2.33. The summed E-state index contributed by atoms with van der Waals surface area (Å²) in [7, 11) is 1.68. The van der Waals surface area contributed by atoms with E-state index in [1.807, 2.05) is 24.3 Å². The van der Waals surface area contributed by atoms with E-state index in [0.717, 1.165) is 31.1 Å². The smallest absolute Gasteiger partial charge is 0.119 e. The monoisotopic (exact) mass is 284 g/mol. The van der Waals surface area contributed by atoms with E-state index in [0.29, 0.717) is 0 Å². The van der Waals surface area contributed by atoms with E-state index in [1.54, 1.807) is 7.11 Å². The van der Waals surface area contributed by atoms with Crippen molar-refractivity contribution < 1.29 is 4.74 Å². The van der Waals surface area contributed by atoms with Gasteiger partial charge in [0.2, 0.25) is 0 Å². The third kappa shape index (κ3) is 4.15. The number of methoxy groups -OCH3 is 1. The van der Waals surface area contributed by atoms with Gasteiger partial charge in [0, 0.05) is 31.0 Å². The number of benzene rings is 2. The van der Waals surface area contributed by atoms with Gasteiger partial charge in [-0.05, 0) is 55.8 Å². The maximum atomic E-state index is 5.16. The zero-order valence-electron chi connectivity index (χ0n) is 13.1. The van der Waals surface area contributed by atoms with Crippen molar-refractivity contribution in [2.24, 2.45) is 0 Å². The minimum absolute atomic E-state index is 0.824. The van der Waals surface area contributed by atoms with E-state index in [1.165, 1.54) is 11.3 Å². The van der Waals surface area contributed by atoms with Crippen LogP contribution in [0.5, 0.6) is 5.75 Å². The number of rotatable bonds is 7. The van der Waals surface area contributed by atoms with E-state index in [4.69, 9.17) is 4.74 Å². The van der Waals surface area contributed by atoms with Crippen molar-refractivity contribution in [3.05, 3.63) is 54.1 Å². The summed E-state index contributed by atoms with van der Waals surface area (Å²) >= 11 is 0. The molecule has 0 atom stereocenters. The second-order valence-corrected chi connectivity index (χ2v) is 4.92. The number of ether oxygens (including phenoxy) is 1. The zero-order chi connectivity index (χ0) is 15.1. The fraction of sp³-hybridized carbons (Fsp3) is 0.333. The summed E-state index contributed by atoms with van der Waals surface area (Å²) < 4.78 is 5.16. The first-order valence-corrected chi connectivity index (χ1v) is 7.48. The third-order valence-corrected chi connectivity index (χ3v) is 3.65. The van der Waals surface area contributed by atoms with Gasteiger partial charge >= 0.3 is 0 Å². The maximum absolute atomic E-state index is 5.16. The Hall–Kier alpha value is -2.16. The van der Waals surface area contributed by atoms with Crippen LogP contribution in [-0.2, 0) is 6.54 Å². The summed E-state index contributed by atoms with van der Waals surface area (Å²) in [6.07, 6.45) is 0. The molecule has 0 amide bonds. The molecule has 0 spiro atoms. The van der Waals surface area contributed by atoms with Crippen molar-refractivity contribution in [2.45, 2.75) is 20.4 Å². The molecular weight excluding hydrogens is 260 g/mol. The van der Waals surface area contributed by atoms with Crippen LogP contribution in [0.1, 0.15) is 19.4 Å². The van der Waals surface area contributed by atoms with E-state index in [-0.39, 0.29) is 0 Å². The van der Waals surface area contributed by atoms with Crippen LogP contribution in [0.3, 0.4) is 0 Å². The van der Waals surface area contributed by atoms with Gasteiger partial charge in [0.1, 0.15) is 5.75 Å². The zero-order valence-corrected chi connectivity index (χ0v) is 13.1. The number of hydrogen-bond acceptors (Lipinski definition) is 3. The minimum atomic E-state index is 0.824. The molecule has 1 N–H and O–H groups in total. The molecule has 0 heterocycles.